The number of likely N-dealkylation sites (N-methyl/N-ethyl adjacent to an activating group) is 1. The van der Waals surface area contributed by atoms with Crippen molar-refractivity contribution in [2.45, 2.75) is 11.8 Å². The SMILES string of the molecule is Cc1ccc(S(C)(=O)=O)cc1C(=O)N(C)CCOc1ccc(F)cc1. The smallest absolute Gasteiger partial charge is 0.254 e. The van der Waals surface area contributed by atoms with Crippen LogP contribution in [0.2, 0.25) is 0 Å². The number of aryl methyl sites for hydroxylation is 1. The fraction of sp³-hybridized carbons (Fsp3) is 0.278. The van der Waals surface area contributed by atoms with Gasteiger partial charge < -0.3 is 9.64 Å². The fourth-order valence-corrected chi connectivity index (χ4v) is 2.85. The summed E-state index contributed by atoms with van der Waals surface area (Å²) in [4.78, 5) is 14.1. The van der Waals surface area contributed by atoms with Gasteiger partial charge in [-0.1, -0.05) is 6.07 Å². The zero-order valence-electron chi connectivity index (χ0n) is 14.3. The van der Waals surface area contributed by atoms with E-state index < -0.39 is 9.84 Å². The number of nitrogens with zero attached hydrogens (tertiary/aromatic N) is 1. The number of sulfone groups is 1. The molecule has 0 fully saturated rings. The van der Waals surface area contributed by atoms with Crippen molar-refractivity contribution in [2.24, 2.45) is 0 Å². The van der Waals surface area contributed by atoms with Gasteiger partial charge in [0.05, 0.1) is 11.4 Å². The normalized spacial score (nSPS) is 11.2. The highest BCUT2D eigenvalue weighted by atomic mass is 32.2. The van der Waals surface area contributed by atoms with Gasteiger partial charge in [-0.15, -0.1) is 0 Å². The second kappa shape index (κ2) is 7.65. The van der Waals surface area contributed by atoms with Crippen LogP contribution >= 0.6 is 0 Å². The number of carbonyl (C=O) groups excluding carboxylic acids is 1. The predicted molar refractivity (Wildman–Crippen MR) is 93.1 cm³/mol. The lowest BCUT2D eigenvalue weighted by Crippen LogP contribution is -2.31. The van der Waals surface area contributed by atoms with Crippen molar-refractivity contribution < 1.29 is 22.3 Å². The Labute approximate surface area is 147 Å². The van der Waals surface area contributed by atoms with E-state index in [1.807, 2.05) is 0 Å². The number of hydrogen-bond donors (Lipinski definition) is 0. The standard InChI is InChI=1S/C18H20FNO4S/c1-13-4-9-16(25(3,22)23)12-17(13)18(21)20(2)10-11-24-15-7-5-14(19)6-8-15/h4-9,12H,10-11H2,1-3H3. The Morgan fingerprint density at radius 3 is 2.40 bits per heavy atom. The van der Waals surface area contributed by atoms with Gasteiger partial charge >= 0.3 is 0 Å². The van der Waals surface area contributed by atoms with E-state index in [1.165, 1.54) is 41.3 Å². The molecule has 5 nitrogen and oxygen atoms in total. The minimum atomic E-state index is -3.38. The average Bonchev–Trinajstić information content (AvgIpc) is 2.55. The van der Waals surface area contributed by atoms with Gasteiger partial charge in [0.2, 0.25) is 0 Å². The summed E-state index contributed by atoms with van der Waals surface area (Å²) in [5.74, 6) is -0.121. The lowest BCUT2D eigenvalue weighted by Gasteiger charge is -2.19. The third-order valence-corrected chi connectivity index (χ3v) is 4.83. The summed E-state index contributed by atoms with van der Waals surface area (Å²) in [6.07, 6.45) is 1.10. The van der Waals surface area contributed by atoms with Crippen LogP contribution in [0.15, 0.2) is 47.4 Å². The van der Waals surface area contributed by atoms with Crippen LogP contribution in [0.3, 0.4) is 0 Å². The van der Waals surface area contributed by atoms with E-state index in [0.717, 1.165) is 6.26 Å². The van der Waals surface area contributed by atoms with Crippen LogP contribution in [0.4, 0.5) is 4.39 Å². The lowest BCUT2D eigenvalue weighted by atomic mass is 10.1. The van der Waals surface area contributed by atoms with Crippen LogP contribution in [-0.4, -0.2) is 45.7 Å². The molecule has 25 heavy (non-hydrogen) atoms. The molecule has 0 saturated carbocycles. The molecule has 0 aromatic heterocycles. The molecule has 2 aromatic rings. The van der Waals surface area contributed by atoms with Crippen molar-refractivity contribution in [3.63, 3.8) is 0 Å². The van der Waals surface area contributed by atoms with Gasteiger partial charge in [0.25, 0.3) is 5.91 Å². The quantitative estimate of drug-likeness (QED) is 0.790. The number of halogens is 1. The monoisotopic (exact) mass is 365 g/mol. The molecule has 0 aliphatic heterocycles. The van der Waals surface area contributed by atoms with E-state index >= 15 is 0 Å². The summed E-state index contributed by atoms with van der Waals surface area (Å²) in [7, 11) is -1.77. The second-order valence-electron chi connectivity index (χ2n) is 5.78. The van der Waals surface area contributed by atoms with E-state index in [1.54, 1.807) is 20.0 Å². The van der Waals surface area contributed by atoms with Crippen molar-refractivity contribution in [1.29, 1.82) is 0 Å². The van der Waals surface area contributed by atoms with Crippen LogP contribution < -0.4 is 4.74 Å². The first-order chi connectivity index (χ1) is 11.7. The van der Waals surface area contributed by atoms with Gasteiger partial charge in [-0.25, -0.2) is 12.8 Å². The number of rotatable bonds is 6. The molecule has 1 amide bonds. The van der Waals surface area contributed by atoms with Gasteiger partial charge in [-0.3, -0.25) is 4.79 Å². The summed E-state index contributed by atoms with van der Waals surface area (Å²) in [5.41, 5.74) is 1.04. The molecule has 0 spiro atoms. The highest BCUT2D eigenvalue weighted by Crippen LogP contribution is 2.17. The Balaban J connectivity index is 2.03. The summed E-state index contributed by atoms with van der Waals surface area (Å²) in [6.45, 7) is 2.29. The Kier molecular flexibility index (Phi) is 5.79. The molecule has 2 rings (SSSR count). The molecular weight excluding hydrogens is 345 g/mol. The van der Waals surface area contributed by atoms with Crippen molar-refractivity contribution in [2.75, 3.05) is 26.5 Å². The summed E-state index contributed by atoms with van der Waals surface area (Å²) in [6, 6.07) is 10.1. The van der Waals surface area contributed by atoms with Gasteiger partial charge in [-0.2, -0.15) is 0 Å². The minimum Gasteiger partial charge on any atom is -0.492 e. The largest absolute Gasteiger partial charge is 0.492 e. The Bertz CT molecular complexity index is 863. The molecule has 7 heteroatoms. The van der Waals surface area contributed by atoms with E-state index in [9.17, 15) is 17.6 Å². The van der Waals surface area contributed by atoms with Crippen molar-refractivity contribution in [3.8, 4) is 5.75 Å². The van der Waals surface area contributed by atoms with E-state index in [0.29, 0.717) is 23.4 Å². The van der Waals surface area contributed by atoms with Crippen molar-refractivity contribution in [1.82, 2.24) is 4.90 Å². The number of amides is 1. The highest BCUT2D eigenvalue weighted by Gasteiger charge is 2.17. The van der Waals surface area contributed by atoms with Crippen LogP contribution in [-0.2, 0) is 9.84 Å². The van der Waals surface area contributed by atoms with Crippen molar-refractivity contribution in [3.05, 3.63) is 59.4 Å². The minimum absolute atomic E-state index is 0.109. The second-order valence-corrected chi connectivity index (χ2v) is 7.79. The molecule has 0 radical (unpaired) electrons. The third-order valence-electron chi connectivity index (χ3n) is 3.72. The maximum Gasteiger partial charge on any atom is 0.254 e. The first-order valence-corrected chi connectivity index (χ1v) is 9.52. The van der Waals surface area contributed by atoms with E-state index in [-0.39, 0.29) is 23.2 Å². The van der Waals surface area contributed by atoms with Gasteiger partial charge in [0, 0.05) is 18.9 Å². The Morgan fingerprint density at radius 1 is 1.16 bits per heavy atom. The van der Waals surface area contributed by atoms with Crippen LogP contribution in [0.25, 0.3) is 0 Å². The first kappa shape index (κ1) is 18.9. The Hall–Kier alpha value is -2.41. The maximum atomic E-state index is 12.8. The summed E-state index contributed by atoms with van der Waals surface area (Å²) in [5, 5.41) is 0. The topological polar surface area (TPSA) is 63.7 Å². The molecule has 0 saturated heterocycles. The van der Waals surface area contributed by atoms with Crippen LogP contribution in [0.1, 0.15) is 15.9 Å². The molecule has 0 aliphatic rings. The molecule has 0 heterocycles. The average molecular weight is 365 g/mol. The molecule has 134 valence electrons. The van der Waals surface area contributed by atoms with Crippen LogP contribution in [0.5, 0.6) is 5.75 Å². The van der Waals surface area contributed by atoms with Crippen molar-refractivity contribution >= 4 is 15.7 Å². The lowest BCUT2D eigenvalue weighted by molar-refractivity contribution is 0.0773. The predicted octanol–water partition coefficient (Wildman–Crippen LogP) is 2.69. The molecule has 0 bridgehead atoms. The zero-order valence-corrected chi connectivity index (χ0v) is 15.1. The van der Waals surface area contributed by atoms with Gasteiger partial charge in [0.1, 0.15) is 18.2 Å². The first-order valence-electron chi connectivity index (χ1n) is 7.63. The third kappa shape index (κ3) is 5.03. The molecule has 0 aliphatic carbocycles. The zero-order chi connectivity index (χ0) is 18.6. The van der Waals surface area contributed by atoms with Gasteiger partial charge in [-0.05, 0) is 48.9 Å². The fourth-order valence-electron chi connectivity index (χ4n) is 2.20. The summed E-state index contributed by atoms with van der Waals surface area (Å²) >= 11 is 0. The number of ether oxygens (including phenoxy) is 1. The molecule has 0 unspecified atom stereocenters. The highest BCUT2D eigenvalue weighted by molar-refractivity contribution is 7.90. The molecule has 0 atom stereocenters. The molecular formula is C18H20FNO4S. The summed E-state index contributed by atoms with van der Waals surface area (Å²) < 4.78 is 41.6. The van der Waals surface area contributed by atoms with Gasteiger partial charge in [0.15, 0.2) is 9.84 Å². The van der Waals surface area contributed by atoms with E-state index in [4.69, 9.17) is 4.74 Å². The number of hydrogen-bond acceptors (Lipinski definition) is 4. The number of carbonyl (C=O) groups is 1. The number of benzene rings is 2. The Morgan fingerprint density at radius 2 is 1.80 bits per heavy atom. The van der Waals surface area contributed by atoms with E-state index in [2.05, 4.69) is 0 Å². The molecule has 0 N–H and O–H groups in total. The maximum absolute atomic E-state index is 12.8. The van der Waals surface area contributed by atoms with Crippen LogP contribution in [0, 0.1) is 12.7 Å². The molecule has 2 aromatic carbocycles.